The highest BCUT2D eigenvalue weighted by Crippen LogP contribution is 2.23. The number of carbonyl (C=O) groups is 1. The van der Waals surface area contributed by atoms with Crippen LogP contribution in [0.4, 0.5) is 5.69 Å². The minimum atomic E-state index is 0.0454. The summed E-state index contributed by atoms with van der Waals surface area (Å²) in [7, 11) is 0. The number of halogens is 1. The molecule has 0 aliphatic carbocycles. The molecule has 3 rings (SSSR count). The van der Waals surface area contributed by atoms with E-state index in [2.05, 4.69) is 4.90 Å². The Morgan fingerprint density at radius 3 is 2.38 bits per heavy atom. The number of benzene rings is 1. The van der Waals surface area contributed by atoms with Gasteiger partial charge in [-0.1, -0.05) is 11.6 Å². The zero-order valence-corrected chi connectivity index (χ0v) is 13.0. The molecule has 2 aliphatic heterocycles. The largest absolute Gasteiger partial charge is 0.399 e. The van der Waals surface area contributed by atoms with Gasteiger partial charge >= 0.3 is 0 Å². The first-order valence-electron chi connectivity index (χ1n) is 7.73. The fourth-order valence-electron chi connectivity index (χ4n) is 3.46. The van der Waals surface area contributed by atoms with Gasteiger partial charge in [0.15, 0.2) is 0 Å². The molecule has 2 N–H and O–H groups in total. The highest BCUT2D eigenvalue weighted by molar-refractivity contribution is 6.31. The lowest BCUT2D eigenvalue weighted by Gasteiger charge is -2.36. The molecule has 0 radical (unpaired) electrons. The lowest BCUT2D eigenvalue weighted by molar-refractivity contribution is 0.0644. The maximum Gasteiger partial charge on any atom is 0.253 e. The SMILES string of the molecule is Nc1cc(Cl)cc(C(=O)N2CCC(N3CCCC3)CC2)c1. The average molecular weight is 308 g/mol. The minimum Gasteiger partial charge on any atom is -0.399 e. The Kier molecular flexibility index (Phi) is 4.36. The fraction of sp³-hybridized carbons (Fsp3) is 0.562. The summed E-state index contributed by atoms with van der Waals surface area (Å²) in [4.78, 5) is 17.0. The van der Waals surface area contributed by atoms with E-state index in [0.717, 1.165) is 25.9 Å². The summed E-state index contributed by atoms with van der Waals surface area (Å²) in [6.07, 6.45) is 4.78. The maximum absolute atomic E-state index is 12.5. The molecule has 4 nitrogen and oxygen atoms in total. The number of anilines is 1. The van der Waals surface area contributed by atoms with Crippen LogP contribution in [0.1, 0.15) is 36.0 Å². The van der Waals surface area contributed by atoms with Gasteiger partial charge in [0.1, 0.15) is 0 Å². The van der Waals surface area contributed by atoms with Gasteiger partial charge in [0.2, 0.25) is 0 Å². The van der Waals surface area contributed by atoms with Gasteiger partial charge in [-0.15, -0.1) is 0 Å². The number of rotatable bonds is 2. The van der Waals surface area contributed by atoms with Crippen molar-refractivity contribution in [1.29, 1.82) is 0 Å². The Labute approximate surface area is 130 Å². The lowest BCUT2D eigenvalue weighted by Crippen LogP contribution is -2.45. The van der Waals surface area contributed by atoms with Gasteiger partial charge < -0.3 is 15.5 Å². The van der Waals surface area contributed by atoms with Gasteiger partial charge in [-0.05, 0) is 57.0 Å². The van der Waals surface area contributed by atoms with Crippen molar-refractivity contribution in [3.8, 4) is 0 Å². The second-order valence-corrected chi connectivity index (χ2v) is 6.48. The molecule has 0 aromatic heterocycles. The van der Waals surface area contributed by atoms with Crippen LogP contribution in [0.25, 0.3) is 0 Å². The summed E-state index contributed by atoms with van der Waals surface area (Å²) in [5.74, 6) is 0.0454. The fourth-order valence-corrected chi connectivity index (χ4v) is 3.70. The molecule has 0 saturated carbocycles. The number of hydrogen-bond donors (Lipinski definition) is 1. The van der Waals surface area contributed by atoms with Gasteiger partial charge in [0.25, 0.3) is 5.91 Å². The first kappa shape index (κ1) is 14.7. The molecule has 1 amide bonds. The topological polar surface area (TPSA) is 49.6 Å². The van der Waals surface area contributed by atoms with Crippen LogP contribution in [0.15, 0.2) is 18.2 Å². The van der Waals surface area contributed by atoms with Crippen molar-refractivity contribution in [2.24, 2.45) is 0 Å². The molecule has 2 aliphatic rings. The molecule has 1 aromatic rings. The van der Waals surface area contributed by atoms with Crippen LogP contribution in [0, 0.1) is 0 Å². The van der Waals surface area contributed by atoms with E-state index in [-0.39, 0.29) is 5.91 Å². The summed E-state index contributed by atoms with van der Waals surface area (Å²) in [6.45, 7) is 4.10. The summed E-state index contributed by atoms with van der Waals surface area (Å²) in [6, 6.07) is 5.73. The van der Waals surface area contributed by atoms with E-state index < -0.39 is 0 Å². The Balaban J connectivity index is 1.62. The molecule has 2 fully saturated rings. The highest BCUT2D eigenvalue weighted by atomic mass is 35.5. The van der Waals surface area contributed by atoms with Crippen LogP contribution in [0.5, 0.6) is 0 Å². The van der Waals surface area contributed by atoms with Crippen LogP contribution >= 0.6 is 11.6 Å². The number of piperidine rings is 1. The normalized spacial score (nSPS) is 20.9. The second-order valence-electron chi connectivity index (χ2n) is 6.04. The van der Waals surface area contributed by atoms with E-state index in [1.807, 2.05) is 4.90 Å². The quantitative estimate of drug-likeness (QED) is 0.855. The Hall–Kier alpha value is -1.26. The van der Waals surface area contributed by atoms with Gasteiger partial charge in [-0.2, -0.15) is 0 Å². The number of carbonyl (C=O) groups excluding carboxylic acids is 1. The molecule has 1 aromatic carbocycles. The standard InChI is InChI=1S/C16H22ClN3O/c17-13-9-12(10-14(18)11-13)16(21)20-7-3-15(4-8-20)19-5-1-2-6-19/h9-11,15H,1-8,18H2. The van der Waals surface area contributed by atoms with Crippen molar-refractivity contribution in [2.45, 2.75) is 31.7 Å². The van der Waals surface area contributed by atoms with E-state index in [0.29, 0.717) is 22.3 Å². The smallest absolute Gasteiger partial charge is 0.253 e. The van der Waals surface area contributed by atoms with E-state index >= 15 is 0 Å². The highest BCUT2D eigenvalue weighted by Gasteiger charge is 2.28. The van der Waals surface area contributed by atoms with Crippen molar-refractivity contribution in [2.75, 3.05) is 31.9 Å². The third kappa shape index (κ3) is 3.33. The molecular weight excluding hydrogens is 286 g/mol. The molecule has 21 heavy (non-hydrogen) atoms. The molecule has 0 unspecified atom stereocenters. The zero-order chi connectivity index (χ0) is 14.8. The third-order valence-corrected chi connectivity index (χ3v) is 4.79. The Morgan fingerprint density at radius 2 is 1.76 bits per heavy atom. The van der Waals surface area contributed by atoms with Gasteiger partial charge in [-0.3, -0.25) is 4.79 Å². The van der Waals surface area contributed by atoms with E-state index in [1.54, 1.807) is 18.2 Å². The molecule has 2 saturated heterocycles. The Morgan fingerprint density at radius 1 is 1.10 bits per heavy atom. The third-order valence-electron chi connectivity index (χ3n) is 4.58. The van der Waals surface area contributed by atoms with Crippen molar-refractivity contribution in [3.63, 3.8) is 0 Å². The van der Waals surface area contributed by atoms with Crippen molar-refractivity contribution >= 4 is 23.2 Å². The zero-order valence-electron chi connectivity index (χ0n) is 12.2. The van der Waals surface area contributed by atoms with Crippen LogP contribution in [0.3, 0.4) is 0 Å². The van der Waals surface area contributed by atoms with Crippen molar-refractivity contribution in [3.05, 3.63) is 28.8 Å². The van der Waals surface area contributed by atoms with E-state index in [9.17, 15) is 4.79 Å². The minimum absolute atomic E-state index is 0.0454. The number of amides is 1. The number of nitrogens with two attached hydrogens (primary N) is 1. The summed E-state index contributed by atoms with van der Waals surface area (Å²) in [5, 5.41) is 0.519. The first-order valence-corrected chi connectivity index (χ1v) is 8.11. The van der Waals surface area contributed by atoms with Crippen LogP contribution in [0.2, 0.25) is 5.02 Å². The summed E-state index contributed by atoms with van der Waals surface area (Å²) < 4.78 is 0. The lowest BCUT2D eigenvalue weighted by atomic mass is 10.0. The predicted octanol–water partition coefficient (Wildman–Crippen LogP) is 2.62. The monoisotopic (exact) mass is 307 g/mol. The summed E-state index contributed by atoms with van der Waals surface area (Å²) in [5.41, 5.74) is 6.91. The van der Waals surface area contributed by atoms with Crippen LogP contribution in [-0.2, 0) is 0 Å². The average Bonchev–Trinajstić information content (AvgIpc) is 3.00. The molecule has 2 heterocycles. The maximum atomic E-state index is 12.5. The van der Waals surface area contributed by atoms with Crippen LogP contribution in [-0.4, -0.2) is 47.9 Å². The van der Waals surface area contributed by atoms with Crippen molar-refractivity contribution in [1.82, 2.24) is 9.80 Å². The molecule has 0 atom stereocenters. The molecule has 0 spiro atoms. The van der Waals surface area contributed by atoms with E-state index in [4.69, 9.17) is 17.3 Å². The second kappa shape index (κ2) is 6.24. The van der Waals surface area contributed by atoms with Gasteiger partial charge in [0, 0.05) is 35.4 Å². The molecular formula is C16H22ClN3O. The van der Waals surface area contributed by atoms with E-state index in [1.165, 1.54) is 25.9 Å². The van der Waals surface area contributed by atoms with Crippen LogP contribution < -0.4 is 5.73 Å². The summed E-state index contributed by atoms with van der Waals surface area (Å²) >= 11 is 5.98. The van der Waals surface area contributed by atoms with Gasteiger partial charge in [-0.25, -0.2) is 0 Å². The molecule has 0 bridgehead atoms. The predicted molar refractivity (Wildman–Crippen MR) is 85.6 cm³/mol. The molecule has 5 heteroatoms. The first-order chi connectivity index (χ1) is 10.1. The number of nitrogen functional groups attached to an aromatic ring is 1. The number of nitrogens with zero attached hydrogens (tertiary/aromatic N) is 2. The molecule has 114 valence electrons. The van der Waals surface area contributed by atoms with Gasteiger partial charge in [0.05, 0.1) is 0 Å². The number of hydrogen-bond acceptors (Lipinski definition) is 3. The number of likely N-dealkylation sites (tertiary alicyclic amines) is 2. The van der Waals surface area contributed by atoms with Crippen molar-refractivity contribution < 1.29 is 4.79 Å². The Bertz CT molecular complexity index is 500.